The van der Waals surface area contributed by atoms with Gasteiger partial charge in [-0.15, -0.1) is 0 Å². The molecule has 32 heavy (non-hydrogen) atoms. The maximum absolute atomic E-state index is 12.0. The number of carboxylic acids is 1. The van der Waals surface area contributed by atoms with E-state index >= 15 is 0 Å². The summed E-state index contributed by atoms with van der Waals surface area (Å²) in [4.78, 5) is 23.2. The fourth-order valence-electron chi connectivity index (χ4n) is 3.10. The van der Waals surface area contributed by atoms with Crippen molar-refractivity contribution < 1.29 is 24.0 Å². The summed E-state index contributed by atoms with van der Waals surface area (Å²) in [5.41, 5.74) is 3.39. The van der Waals surface area contributed by atoms with Gasteiger partial charge in [0.25, 0.3) is 0 Å². The van der Waals surface area contributed by atoms with E-state index in [1.54, 1.807) is 32.1 Å². The molecular weight excluding hydrogens is 408 g/mol. The van der Waals surface area contributed by atoms with Crippen LogP contribution in [0, 0.1) is 12.8 Å². The molecule has 0 saturated carbocycles. The summed E-state index contributed by atoms with van der Waals surface area (Å²) in [6.45, 7) is 5.64. The van der Waals surface area contributed by atoms with E-state index in [2.05, 4.69) is 10.5 Å². The maximum atomic E-state index is 12.0. The van der Waals surface area contributed by atoms with Crippen LogP contribution in [0.1, 0.15) is 30.7 Å². The van der Waals surface area contributed by atoms with Gasteiger partial charge in [0.05, 0.1) is 5.56 Å². The minimum absolute atomic E-state index is 0.210. The average molecular weight is 434 g/mol. The number of aromatic nitrogens is 1. The molecule has 3 rings (SSSR count). The monoisotopic (exact) mass is 434 g/mol. The van der Waals surface area contributed by atoms with Gasteiger partial charge in [-0.25, -0.2) is 4.79 Å². The highest BCUT2D eigenvalue weighted by atomic mass is 16.5. The summed E-state index contributed by atoms with van der Waals surface area (Å²) in [6.07, 6.45) is 2.94. The molecule has 0 aliphatic carbocycles. The number of hydrogen-bond acceptors (Lipinski definition) is 5. The molecule has 7 heteroatoms. The molecule has 1 amide bonds. The first kappa shape index (κ1) is 22.8. The number of amides is 1. The minimum Gasteiger partial charge on any atom is -0.489 e. The molecule has 1 aromatic heterocycles. The van der Waals surface area contributed by atoms with Crippen molar-refractivity contribution in [2.45, 2.75) is 33.4 Å². The van der Waals surface area contributed by atoms with Gasteiger partial charge in [0.1, 0.15) is 29.9 Å². The number of hydrogen-bond donors (Lipinski definition) is 2. The van der Waals surface area contributed by atoms with Gasteiger partial charge in [-0.1, -0.05) is 61.5 Å². The van der Waals surface area contributed by atoms with Crippen LogP contribution in [0.4, 0.5) is 0 Å². The zero-order chi connectivity index (χ0) is 23.1. The fraction of sp³-hybridized carbons (Fsp3) is 0.240. The highest BCUT2D eigenvalue weighted by molar-refractivity contribution is 5.94. The molecule has 0 aliphatic heterocycles. The second-order valence-electron chi connectivity index (χ2n) is 7.69. The molecule has 0 spiro atoms. The summed E-state index contributed by atoms with van der Waals surface area (Å²) in [7, 11) is 0. The van der Waals surface area contributed by atoms with Crippen LogP contribution >= 0.6 is 0 Å². The zero-order valence-corrected chi connectivity index (χ0v) is 18.2. The van der Waals surface area contributed by atoms with E-state index in [1.807, 2.05) is 49.4 Å². The molecule has 1 heterocycles. The van der Waals surface area contributed by atoms with Crippen molar-refractivity contribution in [1.29, 1.82) is 0 Å². The van der Waals surface area contributed by atoms with Crippen molar-refractivity contribution in [3.63, 3.8) is 0 Å². The van der Waals surface area contributed by atoms with Crippen LogP contribution in [0.2, 0.25) is 0 Å². The largest absolute Gasteiger partial charge is 0.489 e. The Hall–Kier alpha value is -3.87. The van der Waals surface area contributed by atoms with Crippen LogP contribution in [0.25, 0.3) is 17.3 Å². The standard InChI is InChI=1S/C25H26N2O5/c1-16(2)23(25(29)30)26-22(28)14-11-18-9-12-20(13-10-18)31-15-21-17(3)32-27-24(21)19-7-5-4-6-8-19/h4-14,16,23H,15H2,1-3H3,(H,26,28)(H,29,30)/b14-11+. The number of aryl methyl sites for hydroxylation is 1. The van der Waals surface area contributed by atoms with E-state index in [0.29, 0.717) is 18.1 Å². The number of rotatable bonds is 9. The van der Waals surface area contributed by atoms with E-state index in [4.69, 9.17) is 14.4 Å². The first-order chi connectivity index (χ1) is 15.3. The quantitative estimate of drug-likeness (QED) is 0.482. The zero-order valence-electron chi connectivity index (χ0n) is 18.2. The molecule has 1 atom stereocenters. The molecule has 2 aromatic carbocycles. The molecule has 0 radical (unpaired) electrons. The summed E-state index contributed by atoms with van der Waals surface area (Å²) < 4.78 is 11.3. The molecule has 3 aromatic rings. The Balaban J connectivity index is 1.60. The number of ether oxygens (including phenoxy) is 1. The van der Waals surface area contributed by atoms with E-state index in [-0.39, 0.29) is 5.92 Å². The number of benzene rings is 2. The molecular formula is C25H26N2O5. The van der Waals surface area contributed by atoms with E-state index in [1.165, 1.54) is 6.08 Å². The number of aliphatic carboxylic acids is 1. The Bertz CT molecular complexity index is 1090. The SMILES string of the molecule is Cc1onc(-c2ccccc2)c1COc1ccc(/C=C/C(=O)NC(C(=O)O)C(C)C)cc1. The Labute approximate surface area is 186 Å². The van der Waals surface area contributed by atoms with Gasteiger partial charge in [0, 0.05) is 11.6 Å². The van der Waals surface area contributed by atoms with Crippen molar-refractivity contribution in [3.8, 4) is 17.0 Å². The van der Waals surface area contributed by atoms with Gasteiger partial charge < -0.3 is 19.7 Å². The van der Waals surface area contributed by atoms with Gasteiger partial charge in [0.2, 0.25) is 5.91 Å². The molecule has 7 nitrogen and oxygen atoms in total. The summed E-state index contributed by atoms with van der Waals surface area (Å²) in [5.74, 6) is -0.352. The minimum atomic E-state index is -1.05. The van der Waals surface area contributed by atoms with E-state index in [0.717, 1.165) is 22.4 Å². The summed E-state index contributed by atoms with van der Waals surface area (Å²) in [6, 6.07) is 16.1. The molecule has 0 aliphatic rings. The van der Waals surface area contributed by atoms with Crippen LogP contribution in [0.5, 0.6) is 5.75 Å². The smallest absolute Gasteiger partial charge is 0.326 e. The Morgan fingerprint density at radius 3 is 2.44 bits per heavy atom. The Morgan fingerprint density at radius 1 is 1.12 bits per heavy atom. The lowest BCUT2D eigenvalue weighted by Gasteiger charge is -2.16. The molecule has 0 fully saturated rings. The van der Waals surface area contributed by atoms with Crippen molar-refractivity contribution >= 4 is 18.0 Å². The fourth-order valence-corrected chi connectivity index (χ4v) is 3.10. The van der Waals surface area contributed by atoms with Crippen LogP contribution in [-0.4, -0.2) is 28.2 Å². The lowest BCUT2D eigenvalue weighted by molar-refractivity contribution is -0.142. The van der Waals surface area contributed by atoms with Gasteiger partial charge >= 0.3 is 5.97 Å². The number of nitrogens with zero attached hydrogens (tertiary/aromatic N) is 1. The molecule has 2 N–H and O–H groups in total. The maximum Gasteiger partial charge on any atom is 0.326 e. The predicted molar refractivity (Wildman–Crippen MR) is 121 cm³/mol. The van der Waals surface area contributed by atoms with Crippen molar-refractivity contribution in [1.82, 2.24) is 10.5 Å². The second kappa shape index (κ2) is 10.4. The first-order valence-corrected chi connectivity index (χ1v) is 10.3. The van der Waals surface area contributed by atoms with Crippen LogP contribution < -0.4 is 10.1 Å². The third-order valence-corrected chi connectivity index (χ3v) is 4.95. The third kappa shape index (κ3) is 5.85. The molecule has 0 bridgehead atoms. The second-order valence-corrected chi connectivity index (χ2v) is 7.69. The predicted octanol–water partition coefficient (Wildman–Crippen LogP) is 4.47. The van der Waals surface area contributed by atoms with Crippen LogP contribution in [-0.2, 0) is 16.2 Å². The average Bonchev–Trinajstić information content (AvgIpc) is 3.15. The van der Waals surface area contributed by atoms with Crippen LogP contribution in [0.3, 0.4) is 0 Å². The Morgan fingerprint density at radius 2 is 1.81 bits per heavy atom. The normalized spacial score (nSPS) is 12.1. The molecule has 1 unspecified atom stereocenters. The van der Waals surface area contributed by atoms with Gasteiger partial charge in [-0.2, -0.15) is 0 Å². The van der Waals surface area contributed by atoms with Crippen molar-refractivity contribution in [3.05, 3.63) is 77.6 Å². The summed E-state index contributed by atoms with van der Waals surface area (Å²) in [5, 5.41) is 15.8. The number of carbonyl (C=O) groups excluding carboxylic acids is 1. The Kier molecular flexibility index (Phi) is 7.44. The lowest BCUT2D eigenvalue weighted by Crippen LogP contribution is -2.43. The number of carbonyl (C=O) groups is 2. The molecule has 0 saturated heterocycles. The van der Waals surface area contributed by atoms with E-state index in [9.17, 15) is 9.59 Å². The van der Waals surface area contributed by atoms with Gasteiger partial charge in [-0.3, -0.25) is 4.79 Å². The summed E-state index contributed by atoms with van der Waals surface area (Å²) >= 11 is 0. The van der Waals surface area contributed by atoms with Crippen molar-refractivity contribution in [2.75, 3.05) is 0 Å². The highest BCUT2D eigenvalue weighted by Gasteiger charge is 2.22. The topological polar surface area (TPSA) is 102 Å². The number of carboxylic acid groups (broad SMARTS) is 1. The van der Waals surface area contributed by atoms with Crippen LogP contribution in [0.15, 0.2) is 65.2 Å². The lowest BCUT2D eigenvalue weighted by atomic mass is 10.0. The van der Waals surface area contributed by atoms with Gasteiger partial charge in [-0.05, 0) is 36.6 Å². The number of nitrogens with one attached hydrogen (secondary N) is 1. The van der Waals surface area contributed by atoms with E-state index < -0.39 is 17.9 Å². The molecule has 166 valence electrons. The highest BCUT2D eigenvalue weighted by Crippen LogP contribution is 2.26. The van der Waals surface area contributed by atoms with Crippen molar-refractivity contribution in [2.24, 2.45) is 5.92 Å². The van der Waals surface area contributed by atoms with Gasteiger partial charge in [0.15, 0.2) is 0 Å². The first-order valence-electron chi connectivity index (χ1n) is 10.3. The third-order valence-electron chi connectivity index (χ3n) is 4.95.